The molecule has 0 aromatic carbocycles. The fourth-order valence-corrected chi connectivity index (χ4v) is 2.54. The molecule has 0 bridgehead atoms. The van der Waals surface area contributed by atoms with Crippen molar-refractivity contribution in [2.75, 3.05) is 24.5 Å². The molecular weight excluding hydrogens is 252 g/mol. The normalized spacial score (nSPS) is 17.9. The van der Waals surface area contributed by atoms with Crippen molar-refractivity contribution in [3.8, 4) is 0 Å². The minimum Gasteiger partial charge on any atom is -0.357 e. The van der Waals surface area contributed by atoms with Gasteiger partial charge in [0.25, 0.3) is 0 Å². The highest BCUT2D eigenvalue weighted by Gasteiger charge is 2.20. The Morgan fingerprint density at radius 1 is 1.55 bits per heavy atom. The van der Waals surface area contributed by atoms with Gasteiger partial charge < -0.3 is 16.0 Å². The number of nitrogens with zero attached hydrogens (tertiary/aromatic N) is 2. The summed E-state index contributed by atoms with van der Waals surface area (Å²) in [5.41, 5.74) is 7.04. The van der Waals surface area contributed by atoms with Crippen molar-refractivity contribution in [2.24, 2.45) is 11.7 Å². The highest BCUT2D eigenvalue weighted by atomic mass is 16.1. The molecule has 1 aliphatic heterocycles. The molecule has 1 amide bonds. The van der Waals surface area contributed by atoms with Crippen LogP contribution in [-0.2, 0) is 4.79 Å². The third-order valence-corrected chi connectivity index (χ3v) is 3.87. The van der Waals surface area contributed by atoms with Crippen molar-refractivity contribution in [3.63, 3.8) is 0 Å². The lowest BCUT2D eigenvalue weighted by molar-refractivity contribution is -0.119. The second kappa shape index (κ2) is 6.70. The number of amides is 1. The molecular formula is C15H24N4O. The third-order valence-electron chi connectivity index (χ3n) is 3.87. The first-order valence-corrected chi connectivity index (χ1v) is 7.27. The van der Waals surface area contributed by atoms with Gasteiger partial charge >= 0.3 is 0 Å². The smallest absolute Gasteiger partial charge is 0.216 e. The van der Waals surface area contributed by atoms with Crippen molar-refractivity contribution in [1.82, 2.24) is 10.3 Å². The second-order valence-electron chi connectivity index (χ2n) is 5.60. The largest absolute Gasteiger partial charge is 0.357 e. The Morgan fingerprint density at radius 3 is 2.85 bits per heavy atom. The van der Waals surface area contributed by atoms with E-state index in [2.05, 4.69) is 21.3 Å². The number of carbonyl (C=O) groups excluding carboxylic acids is 1. The number of nitrogens with two attached hydrogens (primary N) is 1. The summed E-state index contributed by atoms with van der Waals surface area (Å²) in [6, 6.07) is 4.09. The van der Waals surface area contributed by atoms with Crippen LogP contribution in [0.25, 0.3) is 0 Å². The number of hydrogen-bond acceptors (Lipinski definition) is 4. The van der Waals surface area contributed by atoms with E-state index in [1.165, 1.54) is 0 Å². The molecule has 1 atom stereocenters. The number of rotatable bonds is 4. The van der Waals surface area contributed by atoms with Crippen LogP contribution in [0.3, 0.4) is 0 Å². The zero-order valence-corrected chi connectivity index (χ0v) is 12.3. The van der Waals surface area contributed by atoms with E-state index in [0.717, 1.165) is 43.9 Å². The van der Waals surface area contributed by atoms with Crippen molar-refractivity contribution in [2.45, 2.75) is 32.7 Å². The second-order valence-corrected chi connectivity index (χ2v) is 5.60. The summed E-state index contributed by atoms with van der Waals surface area (Å²) in [6.45, 7) is 6.31. The van der Waals surface area contributed by atoms with Gasteiger partial charge in [0.05, 0.1) is 0 Å². The Bertz CT molecular complexity index is 453. The summed E-state index contributed by atoms with van der Waals surface area (Å²) >= 11 is 0. The van der Waals surface area contributed by atoms with Gasteiger partial charge in [-0.3, -0.25) is 4.79 Å². The molecule has 5 nitrogen and oxygen atoms in total. The Kier molecular flexibility index (Phi) is 4.95. The molecule has 1 saturated heterocycles. The van der Waals surface area contributed by atoms with Gasteiger partial charge in [0, 0.05) is 38.8 Å². The summed E-state index contributed by atoms with van der Waals surface area (Å²) in [7, 11) is 0. The van der Waals surface area contributed by atoms with Crippen LogP contribution in [0.15, 0.2) is 18.3 Å². The fourth-order valence-electron chi connectivity index (χ4n) is 2.54. The van der Waals surface area contributed by atoms with Gasteiger partial charge in [-0.15, -0.1) is 0 Å². The molecule has 1 aromatic heterocycles. The Morgan fingerprint density at radius 2 is 2.25 bits per heavy atom. The van der Waals surface area contributed by atoms with Gasteiger partial charge in [-0.25, -0.2) is 4.98 Å². The topological polar surface area (TPSA) is 71.2 Å². The van der Waals surface area contributed by atoms with Gasteiger partial charge in [0.1, 0.15) is 5.82 Å². The van der Waals surface area contributed by atoms with Gasteiger partial charge in [-0.1, -0.05) is 0 Å². The summed E-state index contributed by atoms with van der Waals surface area (Å²) in [5.74, 6) is 1.64. The van der Waals surface area contributed by atoms with Gasteiger partial charge in [-0.05, 0) is 43.4 Å². The minimum atomic E-state index is 0.0362. The maximum absolute atomic E-state index is 10.9. The van der Waals surface area contributed by atoms with Crippen molar-refractivity contribution < 1.29 is 4.79 Å². The number of pyridine rings is 1. The average molecular weight is 276 g/mol. The molecule has 2 heterocycles. The first kappa shape index (κ1) is 14.8. The monoisotopic (exact) mass is 276 g/mol. The molecule has 20 heavy (non-hydrogen) atoms. The van der Waals surface area contributed by atoms with E-state index in [4.69, 9.17) is 5.73 Å². The third kappa shape index (κ3) is 3.93. The maximum atomic E-state index is 10.9. The van der Waals surface area contributed by atoms with Crippen LogP contribution in [0.4, 0.5) is 5.82 Å². The Hall–Kier alpha value is -1.62. The number of nitrogens with one attached hydrogen (secondary N) is 1. The van der Waals surface area contributed by atoms with Crippen LogP contribution < -0.4 is 16.0 Å². The van der Waals surface area contributed by atoms with Crippen LogP contribution in [-0.4, -0.2) is 30.5 Å². The quantitative estimate of drug-likeness (QED) is 0.873. The number of hydrogen-bond donors (Lipinski definition) is 2. The first-order valence-electron chi connectivity index (χ1n) is 7.27. The molecule has 0 saturated carbocycles. The van der Waals surface area contributed by atoms with E-state index in [-0.39, 0.29) is 11.9 Å². The SMILES string of the molecule is CC(=O)NCC1CCN(c2cc([C@@H](C)N)ccn2)CC1. The van der Waals surface area contributed by atoms with Crippen molar-refractivity contribution in [1.29, 1.82) is 0 Å². The summed E-state index contributed by atoms with van der Waals surface area (Å²) in [6.07, 6.45) is 4.01. The highest BCUT2D eigenvalue weighted by Crippen LogP contribution is 2.23. The van der Waals surface area contributed by atoms with Gasteiger partial charge in [0.2, 0.25) is 5.91 Å². The highest BCUT2D eigenvalue weighted by molar-refractivity contribution is 5.72. The van der Waals surface area contributed by atoms with Crippen molar-refractivity contribution in [3.05, 3.63) is 23.9 Å². The van der Waals surface area contributed by atoms with Gasteiger partial charge in [0.15, 0.2) is 0 Å². The van der Waals surface area contributed by atoms with Crippen LogP contribution in [0.5, 0.6) is 0 Å². The first-order chi connectivity index (χ1) is 9.56. The molecule has 1 aromatic rings. The molecule has 3 N–H and O–H groups in total. The number of anilines is 1. The predicted molar refractivity (Wildman–Crippen MR) is 80.5 cm³/mol. The van der Waals surface area contributed by atoms with Crippen LogP contribution in [0.2, 0.25) is 0 Å². The lowest BCUT2D eigenvalue weighted by Crippen LogP contribution is -2.38. The van der Waals surface area contributed by atoms with E-state index in [0.29, 0.717) is 5.92 Å². The van der Waals surface area contributed by atoms with Crippen LogP contribution in [0, 0.1) is 5.92 Å². The summed E-state index contributed by atoms with van der Waals surface area (Å²) in [5, 5.41) is 2.90. The zero-order valence-electron chi connectivity index (χ0n) is 12.3. The van der Waals surface area contributed by atoms with E-state index in [1.807, 2.05) is 19.2 Å². The molecule has 5 heteroatoms. The maximum Gasteiger partial charge on any atom is 0.216 e. The molecule has 0 unspecified atom stereocenters. The molecule has 2 rings (SSSR count). The molecule has 0 spiro atoms. The number of carbonyl (C=O) groups is 1. The number of piperidine rings is 1. The van der Waals surface area contributed by atoms with E-state index < -0.39 is 0 Å². The Labute approximate surface area is 120 Å². The molecule has 1 fully saturated rings. The molecule has 0 radical (unpaired) electrons. The van der Waals surface area contributed by atoms with Gasteiger partial charge in [-0.2, -0.15) is 0 Å². The Balaban J connectivity index is 1.90. The van der Waals surface area contributed by atoms with E-state index >= 15 is 0 Å². The summed E-state index contributed by atoms with van der Waals surface area (Å²) in [4.78, 5) is 17.7. The molecule has 110 valence electrons. The van der Waals surface area contributed by atoms with E-state index in [9.17, 15) is 4.79 Å². The zero-order chi connectivity index (χ0) is 14.5. The lowest BCUT2D eigenvalue weighted by atomic mass is 9.96. The number of aromatic nitrogens is 1. The van der Waals surface area contributed by atoms with Crippen molar-refractivity contribution >= 4 is 11.7 Å². The molecule has 0 aliphatic carbocycles. The standard InChI is InChI=1S/C15H24N4O/c1-11(16)14-3-6-17-15(9-14)19-7-4-13(5-8-19)10-18-12(2)20/h3,6,9,11,13H,4-5,7-8,10,16H2,1-2H3,(H,18,20)/t11-/m1/s1. The molecule has 1 aliphatic rings. The van der Waals surface area contributed by atoms with Crippen LogP contribution >= 0.6 is 0 Å². The predicted octanol–water partition coefficient (Wildman–Crippen LogP) is 1.45. The fraction of sp³-hybridized carbons (Fsp3) is 0.600. The lowest BCUT2D eigenvalue weighted by Gasteiger charge is -2.33. The summed E-state index contributed by atoms with van der Waals surface area (Å²) < 4.78 is 0. The van der Waals surface area contributed by atoms with Crippen LogP contribution in [0.1, 0.15) is 38.3 Å². The average Bonchev–Trinajstić information content (AvgIpc) is 2.46. The minimum absolute atomic E-state index is 0.0362. The van der Waals surface area contributed by atoms with E-state index in [1.54, 1.807) is 6.92 Å².